The minimum Gasteiger partial charge on any atom is -0.392 e. The summed E-state index contributed by atoms with van der Waals surface area (Å²) in [5.41, 5.74) is 1.78. The van der Waals surface area contributed by atoms with Crippen LogP contribution in [0.3, 0.4) is 0 Å². The zero-order valence-corrected chi connectivity index (χ0v) is 22.2. The molecule has 3 aliphatic carbocycles. The van der Waals surface area contributed by atoms with Gasteiger partial charge in [-0.25, -0.2) is 0 Å². The van der Waals surface area contributed by atoms with E-state index >= 15 is 0 Å². The number of allylic oxidation sites excluding steroid dienone is 1. The summed E-state index contributed by atoms with van der Waals surface area (Å²) < 4.78 is 0. The molecule has 3 saturated carbocycles. The van der Waals surface area contributed by atoms with Crippen LogP contribution >= 0.6 is 0 Å². The molecular formula is C31H44O3. The standard InChI is InChI=1S/C31H44O3/c1-9-29(7)18-24(32)30(8)19(2)14-15-31(20(3)27(29)34)17-22(25(33)26(30)31)16-21-10-12-23(13-11-21)28(4,5)6/h9-13,16,19-20,24,26-27,32,34H,1,14-15,17-18H2,2-8H3/b22-16+/t19-,20+,24-,26+,27+,29-,30+,31+/m1/s1. The number of benzene rings is 1. The molecule has 3 nitrogen and oxygen atoms in total. The van der Waals surface area contributed by atoms with Gasteiger partial charge in [0, 0.05) is 16.7 Å². The minimum absolute atomic E-state index is 0.0714. The summed E-state index contributed by atoms with van der Waals surface area (Å²) in [6.07, 6.45) is 5.52. The van der Waals surface area contributed by atoms with Crippen molar-refractivity contribution in [3.8, 4) is 0 Å². The van der Waals surface area contributed by atoms with E-state index in [2.05, 4.69) is 78.5 Å². The Bertz CT molecular complexity index is 998. The third-order valence-electron chi connectivity index (χ3n) is 10.4. The molecule has 2 N–H and O–H groups in total. The van der Waals surface area contributed by atoms with Gasteiger partial charge in [-0.15, -0.1) is 6.58 Å². The van der Waals surface area contributed by atoms with E-state index in [9.17, 15) is 15.0 Å². The zero-order valence-electron chi connectivity index (χ0n) is 22.2. The summed E-state index contributed by atoms with van der Waals surface area (Å²) in [6.45, 7) is 19.1. The van der Waals surface area contributed by atoms with Crippen LogP contribution in [0.4, 0.5) is 0 Å². The molecule has 34 heavy (non-hydrogen) atoms. The highest BCUT2D eigenvalue weighted by molar-refractivity contribution is 6.04. The van der Waals surface area contributed by atoms with Crippen LogP contribution in [0.1, 0.15) is 85.3 Å². The molecule has 2 bridgehead atoms. The first-order valence-corrected chi connectivity index (χ1v) is 13.1. The molecule has 0 saturated heterocycles. The van der Waals surface area contributed by atoms with E-state index in [1.807, 2.05) is 13.0 Å². The van der Waals surface area contributed by atoms with Crippen molar-refractivity contribution < 1.29 is 15.0 Å². The van der Waals surface area contributed by atoms with Gasteiger partial charge in [0.25, 0.3) is 0 Å². The minimum atomic E-state index is -0.674. The molecule has 8 atom stereocenters. The van der Waals surface area contributed by atoms with E-state index in [0.29, 0.717) is 12.8 Å². The maximum atomic E-state index is 14.1. The summed E-state index contributed by atoms with van der Waals surface area (Å²) in [5, 5.41) is 23.2. The molecule has 0 unspecified atom stereocenters. The molecule has 3 fully saturated rings. The lowest BCUT2D eigenvalue weighted by molar-refractivity contribution is -0.191. The van der Waals surface area contributed by atoms with Gasteiger partial charge in [0.05, 0.1) is 12.2 Å². The first-order valence-electron chi connectivity index (χ1n) is 13.1. The molecule has 0 heterocycles. The van der Waals surface area contributed by atoms with Gasteiger partial charge in [0.1, 0.15) is 0 Å². The predicted molar refractivity (Wildman–Crippen MR) is 139 cm³/mol. The van der Waals surface area contributed by atoms with Crippen LogP contribution in [0.15, 0.2) is 42.5 Å². The van der Waals surface area contributed by atoms with Crippen LogP contribution in [0.2, 0.25) is 0 Å². The Labute approximate surface area is 206 Å². The second-order valence-corrected chi connectivity index (χ2v) is 13.2. The molecule has 3 heteroatoms. The lowest BCUT2D eigenvalue weighted by atomic mass is 9.44. The Morgan fingerprint density at radius 3 is 2.26 bits per heavy atom. The Morgan fingerprint density at radius 2 is 1.71 bits per heavy atom. The highest BCUT2D eigenvalue weighted by atomic mass is 16.3. The van der Waals surface area contributed by atoms with Gasteiger partial charge in [-0.3, -0.25) is 4.79 Å². The summed E-state index contributed by atoms with van der Waals surface area (Å²) >= 11 is 0. The molecular weight excluding hydrogens is 420 g/mol. The van der Waals surface area contributed by atoms with Crippen molar-refractivity contribution in [2.24, 2.45) is 34.0 Å². The fourth-order valence-corrected chi connectivity index (χ4v) is 7.63. The third-order valence-corrected chi connectivity index (χ3v) is 10.4. The molecule has 0 spiro atoms. The average Bonchev–Trinajstić information content (AvgIpc) is 3.07. The topological polar surface area (TPSA) is 57.5 Å². The van der Waals surface area contributed by atoms with E-state index in [-0.39, 0.29) is 34.4 Å². The first-order chi connectivity index (χ1) is 15.7. The van der Waals surface area contributed by atoms with E-state index in [0.717, 1.165) is 24.0 Å². The molecule has 4 rings (SSSR count). The van der Waals surface area contributed by atoms with E-state index < -0.39 is 23.0 Å². The number of carbonyl (C=O) groups is 1. The number of hydrogen-bond acceptors (Lipinski definition) is 3. The Balaban J connectivity index is 1.83. The van der Waals surface area contributed by atoms with Crippen molar-refractivity contribution in [2.75, 3.05) is 0 Å². The fraction of sp³-hybridized carbons (Fsp3) is 0.645. The molecule has 0 radical (unpaired) electrons. The summed E-state index contributed by atoms with van der Waals surface area (Å²) in [4.78, 5) is 14.1. The van der Waals surface area contributed by atoms with Crippen LogP contribution in [0.25, 0.3) is 6.08 Å². The number of ketones is 1. The average molecular weight is 465 g/mol. The quantitative estimate of drug-likeness (QED) is 0.397. The van der Waals surface area contributed by atoms with Crippen molar-refractivity contribution in [1.29, 1.82) is 0 Å². The Morgan fingerprint density at radius 1 is 1.09 bits per heavy atom. The zero-order chi connectivity index (χ0) is 25.3. The number of aliphatic hydroxyl groups excluding tert-OH is 2. The largest absolute Gasteiger partial charge is 0.392 e. The lowest BCUT2D eigenvalue weighted by Gasteiger charge is -2.61. The van der Waals surface area contributed by atoms with Gasteiger partial charge in [0.15, 0.2) is 5.78 Å². The van der Waals surface area contributed by atoms with E-state index in [4.69, 9.17) is 0 Å². The summed E-state index contributed by atoms with van der Waals surface area (Å²) in [5.74, 6) is 0.0524. The van der Waals surface area contributed by atoms with Crippen molar-refractivity contribution >= 4 is 11.9 Å². The van der Waals surface area contributed by atoms with E-state index in [1.54, 1.807) is 0 Å². The van der Waals surface area contributed by atoms with Gasteiger partial charge in [0.2, 0.25) is 0 Å². The number of rotatable bonds is 2. The predicted octanol–water partition coefficient (Wildman–Crippen LogP) is 6.33. The number of hydrogen-bond donors (Lipinski definition) is 2. The lowest BCUT2D eigenvalue weighted by Crippen LogP contribution is -2.62. The third kappa shape index (κ3) is 3.57. The normalized spacial score (nSPS) is 43.9. The molecule has 0 aromatic heterocycles. The smallest absolute Gasteiger partial charge is 0.163 e. The highest BCUT2D eigenvalue weighted by Crippen LogP contribution is 2.68. The van der Waals surface area contributed by atoms with Crippen molar-refractivity contribution in [2.45, 2.75) is 91.8 Å². The van der Waals surface area contributed by atoms with Gasteiger partial charge in [-0.05, 0) is 71.1 Å². The first kappa shape index (κ1) is 25.4. The Kier molecular flexibility index (Phi) is 6.10. The highest BCUT2D eigenvalue weighted by Gasteiger charge is 2.68. The SMILES string of the molecule is C=C[C@]1(C)C[C@@H](O)[C@]2(C)[C@H](C)CC[C@]3(C/C(=C\c4ccc(C(C)(C)C)cc4)C(=O)[C@H]32)[C@@H](C)[C@@H]1O. The molecule has 1 aromatic carbocycles. The summed E-state index contributed by atoms with van der Waals surface area (Å²) in [6, 6.07) is 8.52. The van der Waals surface area contributed by atoms with Crippen molar-refractivity contribution in [3.05, 3.63) is 53.6 Å². The maximum Gasteiger partial charge on any atom is 0.163 e. The molecule has 1 aromatic rings. The monoisotopic (exact) mass is 464 g/mol. The van der Waals surface area contributed by atoms with Crippen LogP contribution in [0, 0.1) is 34.0 Å². The fourth-order valence-electron chi connectivity index (χ4n) is 7.63. The van der Waals surface area contributed by atoms with E-state index in [1.165, 1.54) is 5.56 Å². The Hall–Kier alpha value is -1.71. The van der Waals surface area contributed by atoms with Crippen LogP contribution in [0.5, 0.6) is 0 Å². The van der Waals surface area contributed by atoms with Gasteiger partial charge >= 0.3 is 0 Å². The van der Waals surface area contributed by atoms with Crippen molar-refractivity contribution in [1.82, 2.24) is 0 Å². The van der Waals surface area contributed by atoms with Gasteiger partial charge in [-0.1, -0.05) is 78.8 Å². The maximum absolute atomic E-state index is 14.1. The van der Waals surface area contributed by atoms with Gasteiger partial charge in [-0.2, -0.15) is 0 Å². The van der Waals surface area contributed by atoms with Gasteiger partial charge < -0.3 is 10.2 Å². The molecule has 3 aliphatic rings. The number of Topliss-reactive ketones (excluding diaryl/α,β-unsaturated/α-hetero) is 1. The van der Waals surface area contributed by atoms with Crippen LogP contribution in [-0.2, 0) is 10.2 Å². The second-order valence-electron chi connectivity index (χ2n) is 13.2. The van der Waals surface area contributed by atoms with Crippen LogP contribution in [-0.4, -0.2) is 28.2 Å². The number of aliphatic hydroxyl groups is 2. The summed E-state index contributed by atoms with van der Waals surface area (Å²) in [7, 11) is 0. The second kappa shape index (κ2) is 8.17. The van der Waals surface area contributed by atoms with Crippen molar-refractivity contribution in [3.63, 3.8) is 0 Å². The number of carbonyl (C=O) groups excluding carboxylic acids is 1. The van der Waals surface area contributed by atoms with Crippen LogP contribution < -0.4 is 0 Å². The molecule has 186 valence electrons. The molecule has 0 amide bonds. The molecule has 0 aliphatic heterocycles.